The molecule has 156 valence electrons. The number of rotatable bonds is 5. The van der Waals surface area contributed by atoms with Crippen molar-refractivity contribution in [2.45, 2.75) is 18.6 Å². The van der Waals surface area contributed by atoms with Gasteiger partial charge in [0.25, 0.3) is 0 Å². The number of amides is 1. The van der Waals surface area contributed by atoms with Crippen LogP contribution in [0.15, 0.2) is 36.4 Å². The molecule has 3 rings (SSSR count). The second-order valence-electron chi connectivity index (χ2n) is 6.74. The minimum absolute atomic E-state index is 0.208. The number of anilines is 1. The van der Waals surface area contributed by atoms with Gasteiger partial charge in [-0.3, -0.25) is 4.79 Å². The predicted molar refractivity (Wildman–Crippen MR) is 118 cm³/mol. The number of carbonyl (C=O) groups excluding carboxylic acids is 1. The zero-order valence-corrected chi connectivity index (χ0v) is 19.0. The summed E-state index contributed by atoms with van der Waals surface area (Å²) in [4.78, 5) is 12.6. The molecule has 2 aromatic carbocycles. The average Bonchev–Trinajstić information content (AvgIpc) is 2.68. The van der Waals surface area contributed by atoms with Crippen molar-refractivity contribution in [3.63, 3.8) is 0 Å². The molecule has 2 aromatic rings. The van der Waals surface area contributed by atoms with E-state index in [0.29, 0.717) is 44.2 Å². The van der Waals surface area contributed by atoms with Gasteiger partial charge in [-0.05, 0) is 43.2 Å². The Morgan fingerprint density at radius 2 is 1.62 bits per heavy atom. The Bertz CT molecular complexity index is 1000. The highest BCUT2D eigenvalue weighted by atomic mass is 35.5. The second kappa shape index (κ2) is 9.41. The van der Waals surface area contributed by atoms with Crippen LogP contribution in [-0.2, 0) is 20.6 Å². The molecule has 1 N–H and O–H groups in total. The van der Waals surface area contributed by atoms with Crippen LogP contribution in [0.5, 0.6) is 0 Å². The van der Waals surface area contributed by atoms with Crippen LogP contribution >= 0.6 is 46.4 Å². The fourth-order valence-corrected chi connectivity index (χ4v) is 5.82. The van der Waals surface area contributed by atoms with E-state index in [9.17, 15) is 13.2 Å². The Hall–Kier alpha value is -1.02. The highest BCUT2D eigenvalue weighted by Crippen LogP contribution is 2.30. The van der Waals surface area contributed by atoms with Gasteiger partial charge in [0.05, 0.1) is 16.5 Å². The maximum Gasteiger partial charge on any atom is 0.227 e. The number of nitrogens with zero attached hydrogens (tertiary/aromatic N) is 1. The summed E-state index contributed by atoms with van der Waals surface area (Å²) >= 11 is 24.2. The van der Waals surface area contributed by atoms with Gasteiger partial charge in [0.2, 0.25) is 15.9 Å². The number of piperidine rings is 1. The molecule has 5 nitrogen and oxygen atoms in total. The van der Waals surface area contributed by atoms with Crippen molar-refractivity contribution in [2.24, 2.45) is 5.92 Å². The van der Waals surface area contributed by atoms with Crippen LogP contribution in [0.3, 0.4) is 0 Å². The van der Waals surface area contributed by atoms with Crippen molar-refractivity contribution >= 4 is 68.0 Å². The zero-order valence-electron chi connectivity index (χ0n) is 15.2. The molecule has 0 radical (unpaired) electrons. The first-order chi connectivity index (χ1) is 13.7. The molecular weight excluding hydrogens is 478 g/mol. The highest BCUT2D eigenvalue weighted by molar-refractivity contribution is 7.88. The normalized spacial score (nSPS) is 16.0. The molecule has 1 heterocycles. The topological polar surface area (TPSA) is 66.5 Å². The van der Waals surface area contributed by atoms with Crippen LogP contribution in [0, 0.1) is 5.92 Å². The monoisotopic (exact) mass is 494 g/mol. The Labute approximate surface area is 189 Å². The lowest BCUT2D eigenvalue weighted by atomic mass is 9.97. The van der Waals surface area contributed by atoms with Crippen LogP contribution in [0.2, 0.25) is 20.1 Å². The van der Waals surface area contributed by atoms with Gasteiger partial charge in [0.1, 0.15) is 0 Å². The number of hydrogen-bond donors (Lipinski definition) is 1. The van der Waals surface area contributed by atoms with Crippen LogP contribution in [0.25, 0.3) is 0 Å². The van der Waals surface area contributed by atoms with Crippen molar-refractivity contribution in [3.8, 4) is 0 Å². The van der Waals surface area contributed by atoms with Crippen LogP contribution in [0.4, 0.5) is 5.69 Å². The Kier molecular flexibility index (Phi) is 7.36. The fourth-order valence-electron chi connectivity index (χ4n) is 3.17. The summed E-state index contributed by atoms with van der Waals surface area (Å²) in [6, 6.07) is 9.69. The Morgan fingerprint density at radius 1 is 1.00 bits per heavy atom. The molecule has 0 spiro atoms. The molecule has 1 aliphatic heterocycles. The first-order valence-corrected chi connectivity index (χ1v) is 12.0. The van der Waals surface area contributed by atoms with Gasteiger partial charge < -0.3 is 5.32 Å². The van der Waals surface area contributed by atoms with Crippen molar-refractivity contribution in [3.05, 3.63) is 62.1 Å². The third-order valence-corrected chi connectivity index (χ3v) is 7.87. The van der Waals surface area contributed by atoms with Gasteiger partial charge in [0.15, 0.2) is 0 Å². The molecule has 1 aliphatic rings. The summed E-state index contributed by atoms with van der Waals surface area (Å²) in [5.41, 5.74) is 0.818. The van der Waals surface area contributed by atoms with E-state index in [1.54, 1.807) is 36.4 Å². The Balaban J connectivity index is 1.62. The standard InChI is InChI=1S/C19H18Cl4N2O3S/c20-13-4-5-17(23)18(10-13)24-19(26)12-6-8-25(9-7-12)29(27,28)11-14-15(21)2-1-3-16(14)22/h1-5,10,12H,6-9,11H2,(H,24,26). The van der Waals surface area contributed by atoms with Crippen LogP contribution in [0.1, 0.15) is 18.4 Å². The average molecular weight is 496 g/mol. The molecule has 0 aromatic heterocycles. The number of benzene rings is 2. The summed E-state index contributed by atoms with van der Waals surface area (Å²) in [5, 5.41) is 4.25. The van der Waals surface area contributed by atoms with E-state index in [1.165, 1.54) is 4.31 Å². The molecule has 0 unspecified atom stereocenters. The lowest BCUT2D eigenvalue weighted by Crippen LogP contribution is -2.42. The van der Waals surface area contributed by atoms with E-state index in [2.05, 4.69) is 5.32 Å². The first kappa shape index (κ1) is 22.7. The minimum atomic E-state index is -3.61. The van der Waals surface area contributed by atoms with E-state index in [0.717, 1.165) is 0 Å². The number of carbonyl (C=O) groups is 1. The van der Waals surface area contributed by atoms with Crippen molar-refractivity contribution in [1.29, 1.82) is 0 Å². The second-order valence-corrected chi connectivity index (χ2v) is 10.4. The fraction of sp³-hybridized carbons (Fsp3) is 0.316. The third kappa shape index (κ3) is 5.57. The van der Waals surface area contributed by atoms with Gasteiger partial charge >= 0.3 is 0 Å². The summed E-state index contributed by atoms with van der Waals surface area (Å²) in [6.07, 6.45) is 0.805. The molecular formula is C19H18Cl4N2O3S. The Morgan fingerprint density at radius 3 is 2.24 bits per heavy atom. The predicted octanol–water partition coefficient (Wildman–Crippen LogP) is 5.48. The first-order valence-electron chi connectivity index (χ1n) is 8.84. The third-order valence-electron chi connectivity index (χ3n) is 4.79. The molecule has 29 heavy (non-hydrogen) atoms. The SMILES string of the molecule is O=C(Nc1cc(Cl)ccc1Cl)C1CCN(S(=O)(=O)Cc2c(Cl)cccc2Cl)CC1. The lowest BCUT2D eigenvalue weighted by molar-refractivity contribution is -0.120. The largest absolute Gasteiger partial charge is 0.324 e. The maximum absolute atomic E-state index is 12.8. The van der Waals surface area contributed by atoms with Gasteiger partial charge in [0, 0.05) is 39.6 Å². The van der Waals surface area contributed by atoms with E-state index in [4.69, 9.17) is 46.4 Å². The summed E-state index contributed by atoms with van der Waals surface area (Å²) in [6.45, 7) is 0.484. The van der Waals surface area contributed by atoms with Crippen molar-refractivity contribution in [2.75, 3.05) is 18.4 Å². The number of hydrogen-bond acceptors (Lipinski definition) is 3. The van der Waals surface area contributed by atoms with E-state index >= 15 is 0 Å². The number of sulfonamides is 1. The summed E-state index contributed by atoms with van der Waals surface area (Å²) in [7, 11) is -3.61. The number of nitrogens with one attached hydrogen (secondary N) is 1. The van der Waals surface area contributed by atoms with E-state index in [-0.39, 0.29) is 30.7 Å². The van der Waals surface area contributed by atoms with Crippen molar-refractivity contribution < 1.29 is 13.2 Å². The summed E-state index contributed by atoms with van der Waals surface area (Å²) in [5.74, 6) is -0.804. The molecule has 1 fully saturated rings. The zero-order chi connectivity index (χ0) is 21.2. The molecule has 0 bridgehead atoms. The van der Waals surface area contributed by atoms with Gasteiger partial charge in [-0.1, -0.05) is 52.5 Å². The summed E-state index contributed by atoms with van der Waals surface area (Å²) < 4.78 is 26.9. The molecule has 0 aliphatic carbocycles. The van der Waals surface area contributed by atoms with Gasteiger partial charge in [-0.2, -0.15) is 0 Å². The highest BCUT2D eigenvalue weighted by Gasteiger charge is 2.32. The molecule has 1 amide bonds. The quantitative estimate of drug-likeness (QED) is 0.597. The lowest BCUT2D eigenvalue weighted by Gasteiger charge is -2.30. The van der Waals surface area contributed by atoms with Gasteiger partial charge in [-0.25, -0.2) is 12.7 Å². The molecule has 0 saturated carbocycles. The van der Waals surface area contributed by atoms with E-state index in [1.807, 2.05) is 0 Å². The smallest absolute Gasteiger partial charge is 0.227 e. The molecule has 1 saturated heterocycles. The maximum atomic E-state index is 12.8. The van der Waals surface area contributed by atoms with E-state index < -0.39 is 10.0 Å². The minimum Gasteiger partial charge on any atom is -0.324 e. The molecule has 0 atom stereocenters. The van der Waals surface area contributed by atoms with Crippen molar-refractivity contribution in [1.82, 2.24) is 4.31 Å². The number of halogens is 4. The van der Waals surface area contributed by atoms with Gasteiger partial charge in [-0.15, -0.1) is 0 Å². The van der Waals surface area contributed by atoms with Crippen LogP contribution < -0.4 is 5.32 Å². The van der Waals surface area contributed by atoms with Crippen LogP contribution in [-0.4, -0.2) is 31.7 Å². The molecule has 10 heteroatoms.